The Morgan fingerprint density at radius 1 is 1.29 bits per heavy atom. The fourth-order valence-corrected chi connectivity index (χ4v) is 4.04. The summed E-state index contributed by atoms with van der Waals surface area (Å²) < 4.78 is 1.77. The first-order valence-electron chi connectivity index (χ1n) is 10.2. The molecule has 1 aliphatic rings. The van der Waals surface area contributed by atoms with Crippen LogP contribution in [-0.2, 0) is 13.6 Å². The molecule has 0 saturated heterocycles. The van der Waals surface area contributed by atoms with Crippen LogP contribution < -0.4 is 5.73 Å². The smallest absolute Gasteiger partial charge is 0.254 e. The Balaban J connectivity index is 1.53. The number of amides is 1. The van der Waals surface area contributed by atoms with Crippen LogP contribution in [0, 0.1) is 19.3 Å². The van der Waals surface area contributed by atoms with Gasteiger partial charge >= 0.3 is 0 Å². The molecule has 0 radical (unpaired) electrons. The van der Waals surface area contributed by atoms with Crippen LogP contribution in [0.3, 0.4) is 0 Å². The van der Waals surface area contributed by atoms with E-state index in [9.17, 15) is 4.79 Å². The average molecular weight is 410 g/mol. The van der Waals surface area contributed by atoms with Crippen molar-refractivity contribution in [3.63, 3.8) is 0 Å². The van der Waals surface area contributed by atoms with Crippen molar-refractivity contribution < 1.29 is 4.79 Å². The second-order valence-corrected chi connectivity index (χ2v) is 8.06. The quantitative estimate of drug-likeness (QED) is 0.522. The maximum atomic E-state index is 13.5. The standard InChI is InChI=1S/C24H22N6O/c1-4-15-11-26-17(9-14(15)2)13-30(18-6-7-18)24(31)16-5-8-21-19(10-16)22-20(23(25)28-21)12-27-29(22)3/h1,5,8-12,18H,6-7,13H2,2-3H3,(H2,25,28). The monoisotopic (exact) mass is 410 g/mol. The molecule has 1 aliphatic carbocycles. The zero-order chi connectivity index (χ0) is 21.7. The van der Waals surface area contributed by atoms with Crippen LogP contribution >= 0.6 is 0 Å². The highest BCUT2D eigenvalue weighted by Crippen LogP contribution is 2.32. The summed E-state index contributed by atoms with van der Waals surface area (Å²) in [4.78, 5) is 24.4. The Morgan fingerprint density at radius 2 is 2.10 bits per heavy atom. The number of nitrogens with two attached hydrogens (primary N) is 1. The van der Waals surface area contributed by atoms with Gasteiger partial charge in [0.05, 0.1) is 34.9 Å². The third-order valence-electron chi connectivity index (χ3n) is 5.86. The second kappa shape index (κ2) is 7.10. The minimum absolute atomic E-state index is 0.0166. The molecule has 4 aromatic rings. The SMILES string of the molecule is C#Cc1cnc(CN(C(=O)c2ccc3nc(N)c4cnn(C)c4c3c2)C2CC2)cc1C. The van der Waals surface area contributed by atoms with E-state index in [0.717, 1.165) is 51.5 Å². The summed E-state index contributed by atoms with van der Waals surface area (Å²) in [5.41, 5.74) is 10.9. The number of pyridine rings is 2. The lowest BCUT2D eigenvalue weighted by Crippen LogP contribution is -2.33. The molecule has 0 bridgehead atoms. The summed E-state index contributed by atoms with van der Waals surface area (Å²) in [5.74, 6) is 3.05. The van der Waals surface area contributed by atoms with Crippen LogP contribution in [0.1, 0.15) is 40.0 Å². The fraction of sp³-hybridized carbons (Fsp3) is 0.250. The number of fused-ring (bicyclic) bond motifs is 3. The molecule has 1 fully saturated rings. The summed E-state index contributed by atoms with van der Waals surface area (Å²) >= 11 is 0. The van der Waals surface area contributed by atoms with E-state index < -0.39 is 0 Å². The molecule has 0 unspecified atom stereocenters. The molecule has 154 valence electrons. The molecule has 1 aromatic carbocycles. The zero-order valence-corrected chi connectivity index (χ0v) is 17.5. The summed E-state index contributed by atoms with van der Waals surface area (Å²) in [7, 11) is 1.86. The molecule has 0 spiro atoms. The maximum absolute atomic E-state index is 13.5. The number of aromatic nitrogens is 4. The van der Waals surface area contributed by atoms with Crippen LogP contribution in [0.5, 0.6) is 0 Å². The number of nitrogen functional groups attached to an aromatic ring is 1. The number of benzene rings is 1. The lowest BCUT2D eigenvalue weighted by Gasteiger charge is -2.23. The summed E-state index contributed by atoms with van der Waals surface area (Å²) in [5, 5.41) is 5.96. The number of aryl methyl sites for hydroxylation is 2. The molecule has 0 atom stereocenters. The molecule has 31 heavy (non-hydrogen) atoms. The maximum Gasteiger partial charge on any atom is 0.254 e. The van der Waals surface area contributed by atoms with Crippen molar-refractivity contribution in [3.05, 3.63) is 59.0 Å². The molecule has 3 aromatic heterocycles. The molecule has 3 heterocycles. The van der Waals surface area contributed by atoms with E-state index in [4.69, 9.17) is 12.2 Å². The van der Waals surface area contributed by atoms with Crippen molar-refractivity contribution in [1.29, 1.82) is 0 Å². The van der Waals surface area contributed by atoms with Gasteiger partial charge in [0.25, 0.3) is 5.91 Å². The predicted molar refractivity (Wildman–Crippen MR) is 120 cm³/mol. The van der Waals surface area contributed by atoms with Gasteiger partial charge < -0.3 is 10.6 Å². The number of anilines is 1. The lowest BCUT2D eigenvalue weighted by molar-refractivity contribution is 0.0728. The van der Waals surface area contributed by atoms with Gasteiger partial charge in [-0.1, -0.05) is 5.92 Å². The van der Waals surface area contributed by atoms with E-state index in [-0.39, 0.29) is 11.9 Å². The lowest BCUT2D eigenvalue weighted by atomic mass is 10.1. The van der Waals surface area contributed by atoms with Crippen molar-refractivity contribution in [2.45, 2.75) is 32.4 Å². The van der Waals surface area contributed by atoms with E-state index >= 15 is 0 Å². The van der Waals surface area contributed by atoms with E-state index in [1.807, 2.05) is 43.1 Å². The Hall–Kier alpha value is -3.92. The highest BCUT2D eigenvalue weighted by Gasteiger charge is 2.33. The average Bonchev–Trinajstić information content (AvgIpc) is 3.53. The molecule has 0 aliphatic heterocycles. The van der Waals surface area contributed by atoms with E-state index in [0.29, 0.717) is 17.9 Å². The Kier molecular flexibility index (Phi) is 4.36. The third-order valence-corrected chi connectivity index (χ3v) is 5.86. The van der Waals surface area contributed by atoms with Crippen LogP contribution in [0.15, 0.2) is 36.7 Å². The fourth-order valence-electron chi connectivity index (χ4n) is 4.04. The molecular formula is C24H22N6O. The van der Waals surface area contributed by atoms with Gasteiger partial charge in [0, 0.05) is 35.8 Å². The van der Waals surface area contributed by atoms with E-state index in [2.05, 4.69) is 21.0 Å². The third kappa shape index (κ3) is 3.26. The van der Waals surface area contributed by atoms with Crippen molar-refractivity contribution in [2.24, 2.45) is 7.05 Å². The van der Waals surface area contributed by atoms with Crippen molar-refractivity contribution in [3.8, 4) is 12.3 Å². The Labute approximate surface area is 179 Å². The minimum atomic E-state index is -0.0166. The zero-order valence-electron chi connectivity index (χ0n) is 17.5. The Morgan fingerprint density at radius 3 is 2.81 bits per heavy atom. The van der Waals surface area contributed by atoms with E-state index in [1.54, 1.807) is 17.1 Å². The van der Waals surface area contributed by atoms with Gasteiger partial charge in [-0.2, -0.15) is 5.10 Å². The molecule has 1 saturated carbocycles. The van der Waals surface area contributed by atoms with Gasteiger partial charge in [-0.25, -0.2) is 4.98 Å². The number of rotatable bonds is 4. The van der Waals surface area contributed by atoms with Crippen LogP contribution in [-0.4, -0.2) is 36.6 Å². The van der Waals surface area contributed by atoms with Gasteiger partial charge in [-0.15, -0.1) is 6.42 Å². The molecule has 2 N–H and O–H groups in total. The predicted octanol–water partition coefficient (Wildman–Crippen LogP) is 3.19. The van der Waals surface area contributed by atoms with Crippen molar-refractivity contribution >= 4 is 33.5 Å². The normalized spacial score (nSPS) is 13.5. The topological polar surface area (TPSA) is 89.9 Å². The number of carbonyl (C=O) groups excluding carboxylic acids is 1. The molecule has 5 rings (SSSR count). The van der Waals surface area contributed by atoms with Gasteiger partial charge in [0.1, 0.15) is 5.82 Å². The van der Waals surface area contributed by atoms with Crippen molar-refractivity contribution in [1.82, 2.24) is 24.6 Å². The highest BCUT2D eigenvalue weighted by atomic mass is 16.2. The molecule has 7 heteroatoms. The number of carbonyl (C=O) groups is 1. The molecular weight excluding hydrogens is 388 g/mol. The van der Waals surface area contributed by atoms with Gasteiger partial charge in [-0.05, 0) is 49.6 Å². The molecule has 7 nitrogen and oxygen atoms in total. The minimum Gasteiger partial charge on any atom is -0.383 e. The molecule has 1 amide bonds. The number of nitrogens with zero attached hydrogens (tertiary/aromatic N) is 5. The number of terminal acetylenes is 1. The summed E-state index contributed by atoms with van der Waals surface area (Å²) in [6.07, 6.45) is 10.9. The largest absolute Gasteiger partial charge is 0.383 e. The van der Waals surface area contributed by atoms with Crippen LogP contribution in [0.4, 0.5) is 5.82 Å². The summed E-state index contributed by atoms with van der Waals surface area (Å²) in [6, 6.07) is 7.75. The second-order valence-electron chi connectivity index (χ2n) is 8.06. The number of hydrogen-bond acceptors (Lipinski definition) is 5. The highest BCUT2D eigenvalue weighted by molar-refractivity contribution is 6.10. The van der Waals surface area contributed by atoms with Crippen LogP contribution in [0.25, 0.3) is 21.8 Å². The first kappa shape index (κ1) is 19.1. The van der Waals surface area contributed by atoms with Crippen LogP contribution in [0.2, 0.25) is 0 Å². The van der Waals surface area contributed by atoms with Crippen molar-refractivity contribution in [2.75, 3.05) is 5.73 Å². The first-order valence-corrected chi connectivity index (χ1v) is 10.2. The van der Waals surface area contributed by atoms with E-state index in [1.165, 1.54) is 0 Å². The number of hydrogen-bond donors (Lipinski definition) is 1. The Bertz CT molecular complexity index is 1390. The van der Waals surface area contributed by atoms with Gasteiger partial charge in [-0.3, -0.25) is 14.5 Å². The first-order chi connectivity index (χ1) is 15.0. The van der Waals surface area contributed by atoms with Gasteiger partial charge in [0.2, 0.25) is 0 Å². The summed E-state index contributed by atoms with van der Waals surface area (Å²) in [6.45, 7) is 2.42. The van der Waals surface area contributed by atoms with Gasteiger partial charge in [0.15, 0.2) is 0 Å².